The molecule has 4 aliphatic rings. The molecule has 2 N–H and O–H groups in total. The monoisotopic (exact) mass is 631 g/mol. The van der Waals surface area contributed by atoms with Crippen molar-refractivity contribution in [3.63, 3.8) is 0 Å². The van der Waals surface area contributed by atoms with Crippen molar-refractivity contribution in [1.29, 1.82) is 0 Å². The number of carbonyl (C=O) groups excluding carboxylic acids is 2. The summed E-state index contributed by atoms with van der Waals surface area (Å²) in [6.45, 7) is 0. The molecule has 11 heteroatoms. The zero-order valence-electron chi connectivity index (χ0n) is 25.0. The third-order valence-electron chi connectivity index (χ3n) is 9.93. The van der Waals surface area contributed by atoms with Crippen LogP contribution < -0.4 is 10.7 Å². The number of esters is 1. The lowest BCUT2D eigenvalue weighted by Gasteiger charge is -2.58. The van der Waals surface area contributed by atoms with E-state index in [0.29, 0.717) is 35.6 Å². The Bertz CT molecular complexity index is 1890. The van der Waals surface area contributed by atoms with Gasteiger partial charge < -0.3 is 15.2 Å². The van der Waals surface area contributed by atoms with Gasteiger partial charge in [-0.2, -0.15) is 13.2 Å². The number of fused-ring (bicyclic) bond motifs is 1. The fourth-order valence-electron chi connectivity index (χ4n) is 8.20. The Labute approximate surface area is 262 Å². The van der Waals surface area contributed by atoms with Crippen LogP contribution in [0.15, 0.2) is 71.5 Å². The molecule has 4 saturated carbocycles. The van der Waals surface area contributed by atoms with Crippen LogP contribution in [0.1, 0.15) is 69.8 Å². The third kappa shape index (κ3) is 5.26. The Morgan fingerprint density at radius 1 is 1.00 bits per heavy atom. The summed E-state index contributed by atoms with van der Waals surface area (Å²) in [5.41, 5.74) is -1.61. The lowest BCUT2D eigenvalue weighted by atomic mass is 9.52. The van der Waals surface area contributed by atoms with Crippen LogP contribution in [-0.4, -0.2) is 45.3 Å². The van der Waals surface area contributed by atoms with Gasteiger partial charge in [-0.25, -0.2) is 9.78 Å². The number of alkyl halides is 3. The van der Waals surface area contributed by atoms with Gasteiger partial charge in [0.05, 0.1) is 18.1 Å². The average Bonchev–Trinajstić information content (AvgIpc) is 3.02. The first-order valence-corrected chi connectivity index (χ1v) is 15.4. The van der Waals surface area contributed by atoms with Crippen molar-refractivity contribution in [2.75, 3.05) is 7.11 Å². The van der Waals surface area contributed by atoms with Crippen molar-refractivity contribution in [3.8, 4) is 5.69 Å². The molecule has 0 saturated heterocycles. The predicted octanol–water partition coefficient (Wildman–Crippen LogP) is 5.45. The molecular weight excluding hydrogens is 599 g/mol. The SMILES string of the molecule is COC(=O)c1c(Cc2ccc(C(=O)N[C@H]3[C@@H]4C[C@H]5C[C@H]3C[C@](O)(C5)C4)cc2)c(=O)c2ccc(C(F)(F)F)nc2n1-c1ccccc1. The summed E-state index contributed by atoms with van der Waals surface area (Å²) in [5, 5.41) is 14.0. The van der Waals surface area contributed by atoms with E-state index < -0.39 is 28.9 Å². The molecule has 0 radical (unpaired) electrons. The minimum atomic E-state index is -4.78. The summed E-state index contributed by atoms with van der Waals surface area (Å²) >= 11 is 0. The van der Waals surface area contributed by atoms with Crippen LogP contribution in [0, 0.1) is 17.8 Å². The zero-order valence-corrected chi connectivity index (χ0v) is 25.0. The van der Waals surface area contributed by atoms with Crippen molar-refractivity contribution in [3.05, 3.63) is 105 Å². The largest absolute Gasteiger partial charge is 0.464 e. The molecular formula is C35H32F3N3O5. The second kappa shape index (κ2) is 11.1. The van der Waals surface area contributed by atoms with E-state index in [1.807, 2.05) is 0 Å². The van der Waals surface area contributed by atoms with Crippen LogP contribution in [0.5, 0.6) is 0 Å². The molecule has 0 unspecified atom stereocenters. The number of ether oxygens (including phenoxy) is 1. The highest BCUT2D eigenvalue weighted by Crippen LogP contribution is 2.55. The standard InChI is InChI=1S/C35H32F3N3O5/c1-46-33(44)29-26(30(42)25-11-12-27(35(36,37)38)39-31(25)41(29)24-5-3-2-4-6-24)15-19-7-9-21(10-8-19)32(43)40-28-22-13-20-14-23(28)18-34(45,16-20)17-22/h2-12,20,22-23,28,45H,13-18H2,1H3,(H,40,43)/t20-,22+,23-,28-,34-. The highest BCUT2D eigenvalue weighted by Gasteiger charge is 2.55. The summed E-state index contributed by atoms with van der Waals surface area (Å²) < 4.78 is 47.3. The van der Waals surface area contributed by atoms with E-state index in [1.165, 1.54) is 4.57 Å². The topological polar surface area (TPSA) is 111 Å². The van der Waals surface area contributed by atoms with Gasteiger partial charge in [-0.3, -0.25) is 14.2 Å². The smallest absolute Gasteiger partial charge is 0.433 e. The number of halogens is 3. The summed E-state index contributed by atoms with van der Waals surface area (Å²) in [6, 6.07) is 16.8. The van der Waals surface area contributed by atoms with Crippen molar-refractivity contribution in [1.82, 2.24) is 14.9 Å². The number of aromatic nitrogens is 2. The van der Waals surface area contributed by atoms with Crippen molar-refractivity contribution in [2.24, 2.45) is 17.8 Å². The van der Waals surface area contributed by atoms with Gasteiger partial charge in [0.2, 0.25) is 0 Å². The molecule has 2 aromatic carbocycles. The van der Waals surface area contributed by atoms with E-state index in [0.717, 1.165) is 38.5 Å². The van der Waals surface area contributed by atoms with Crippen LogP contribution in [0.3, 0.4) is 0 Å². The first-order chi connectivity index (χ1) is 21.9. The number of rotatable bonds is 6. The maximum Gasteiger partial charge on any atom is 0.433 e. The third-order valence-corrected chi connectivity index (χ3v) is 9.93. The number of aliphatic hydroxyl groups is 1. The maximum absolute atomic E-state index is 13.8. The number of hydrogen-bond donors (Lipinski definition) is 2. The molecule has 1 amide bonds. The van der Waals surface area contributed by atoms with Gasteiger partial charge in [-0.1, -0.05) is 30.3 Å². The van der Waals surface area contributed by atoms with E-state index in [-0.39, 0.29) is 52.5 Å². The molecule has 2 heterocycles. The molecule has 2 aromatic heterocycles. The second-order valence-electron chi connectivity index (χ2n) is 13.0. The fraction of sp³-hybridized carbons (Fsp3) is 0.371. The van der Waals surface area contributed by atoms with E-state index in [9.17, 15) is 32.7 Å². The number of nitrogens with zero attached hydrogens (tertiary/aromatic N) is 2. The second-order valence-corrected chi connectivity index (χ2v) is 13.0. The molecule has 0 aliphatic heterocycles. The van der Waals surface area contributed by atoms with Gasteiger partial charge in [0.1, 0.15) is 17.0 Å². The minimum Gasteiger partial charge on any atom is -0.464 e. The summed E-state index contributed by atoms with van der Waals surface area (Å²) in [7, 11) is 1.13. The number of para-hydroxylation sites is 1. The summed E-state index contributed by atoms with van der Waals surface area (Å²) in [6.07, 6.45) is -0.506. The highest BCUT2D eigenvalue weighted by molar-refractivity contribution is 5.95. The number of amides is 1. The van der Waals surface area contributed by atoms with Crippen LogP contribution in [0.4, 0.5) is 13.2 Å². The number of benzene rings is 2. The number of hydrogen-bond acceptors (Lipinski definition) is 6. The quantitative estimate of drug-likeness (QED) is 0.274. The summed E-state index contributed by atoms with van der Waals surface area (Å²) in [5.74, 6) is -0.0765. The van der Waals surface area contributed by atoms with Crippen molar-refractivity contribution >= 4 is 22.9 Å². The molecule has 4 bridgehead atoms. The Morgan fingerprint density at radius 2 is 1.67 bits per heavy atom. The lowest BCUT2D eigenvalue weighted by molar-refractivity contribution is -0.141. The molecule has 4 fully saturated rings. The first kappa shape index (κ1) is 30.2. The first-order valence-electron chi connectivity index (χ1n) is 15.4. The molecule has 8 rings (SSSR count). The maximum atomic E-state index is 13.8. The van der Waals surface area contributed by atoms with E-state index in [4.69, 9.17) is 4.74 Å². The van der Waals surface area contributed by atoms with Crippen LogP contribution in [0.2, 0.25) is 0 Å². The molecule has 8 nitrogen and oxygen atoms in total. The Balaban J connectivity index is 1.23. The molecule has 5 atom stereocenters. The van der Waals surface area contributed by atoms with E-state index in [1.54, 1.807) is 54.6 Å². The highest BCUT2D eigenvalue weighted by atomic mass is 19.4. The van der Waals surface area contributed by atoms with Crippen molar-refractivity contribution in [2.45, 2.75) is 56.3 Å². The summed E-state index contributed by atoms with van der Waals surface area (Å²) in [4.78, 5) is 44.2. The van der Waals surface area contributed by atoms with E-state index in [2.05, 4.69) is 10.3 Å². The number of methoxy groups -OCH3 is 1. The van der Waals surface area contributed by atoms with Gasteiger partial charge in [0.25, 0.3) is 5.91 Å². The number of nitrogens with one attached hydrogen (secondary N) is 1. The normalized spacial score (nSPS) is 25.1. The van der Waals surface area contributed by atoms with Gasteiger partial charge in [-0.05, 0) is 91.8 Å². The lowest BCUT2D eigenvalue weighted by Crippen LogP contribution is -2.61. The zero-order chi connectivity index (χ0) is 32.4. The molecule has 0 spiro atoms. The molecule has 238 valence electrons. The molecule has 4 aliphatic carbocycles. The number of carbonyl (C=O) groups is 2. The molecule has 46 heavy (non-hydrogen) atoms. The van der Waals surface area contributed by atoms with Crippen LogP contribution in [0.25, 0.3) is 16.7 Å². The van der Waals surface area contributed by atoms with Gasteiger partial charge in [-0.15, -0.1) is 0 Å². The van der Waals surface area contributed by atoms with Crippen molar-refractivity contribution < 1.29 is 32.6 Å². The Kier molecular flexibility index (Phi) is 7.26. The average molecular weight is 632 g/mol. The van der Waals surface area contributed by atoms with E-state index >= 15 is 0 Å². The van der Waals surface area contributed by atoms with Gasteiger partial charge in [0, 0.05) is 29.3 Å². The van der Waals surface area contributed by atoms with Crippen LogP contribution >= 0.6 is 0 Å². The predicted molar refractivity (Wildman–Crippen MR) is 163 cm³/mol. The van der Waals surface area contributed by atoms with Gasteiger partial charge in [0.15, 0.2) is 5.43 Å². The fourth-order valence-corrected chi connectivity index (χ4v) is 8.20. The minimum absolute atomic E-state index is 0.0205. The molecule has 4 aromatic rings. The Morgan fingerprint density at radius 3 is 2.28 bits per heavy atom. The number of pyridine rings is 2. The Hall–Kier alpha value is -4.51. The van der Waals surface area contributed by atoms with Gasteiger partial charge >= 0.3 is 12.1 Å². The van der Waals surface area contributed by atoms with Crippen LogP contribution in [-0.2, 0) is 17.3 Å².